The van der Waals surface area contributed by atoms with Gasteiger partial charge in [-0.15, -0.1) is 0 Å². The molecule has 1 aromatic rings. The Hall–Kier alpha value is -1.88. The SMILES string of the molecule is CN1N=C(C(=O)N2CCCC2c2ccc(Cl)cc2)CCC1=O. The standard InChI is InChI=1S/C16H18ClN3O2/c1-19-15(21)9-8-13(18-19)16(22)20-10-2-3-14(20)11-4-6-12(17)7-5-11/h4-7,14H,2-3,8-10H2,1H3. The molecule has 2 aliphatic rings. The van der Waals surface area contributed by atoms with Gasteiger partial charge in [-0.25, -0.2) is 5.01 Å². The number of hydrazone groups is 1. The van der Waals surface area contributed by atoms with E-state index in [4.69, 9.17) is 11.6 Å². The molecular formula is C16H18ClN3O2. The molecule has 0 spiro atoms. The monoisotopic (exact) mass is 319 g/mol. The van der Waals surface area contributed by atoms with Crippen molar-refractivity contribution in [2.45, 2.75) is 31.7 Å². The van der Waals surface area contributed by atoms with Crippen LogP contribution in [0.25, 0.3) is 0 Å². The Morgan fingerprint density at radius 1 is 1.27 bits per heavy atom. The topological polar surface area (TPSA) is 53.0 Å². The third-order valence-electron chi connectivity index (χ3n) is 4.22. The molecule has 1 saturated heterocycles. The molecule has 2 heterocycles. The van der Waals surface area contributed by atoms with Crippen molar-refractivity contribution in [3.63, 3.8) is 0 Å². The van der Waals surface area contributed by atoms with Gasteiger partial charge in [-0.1, -0.05) is 23.7 Å². The Kier molecular flexibility index (Phi) is 4.16. The van der Waals surface area contributed by atoms with Gasteiger partial charge in [-0.3, -0.25) is 9.59 Å². The summed E-state index contributed by atoms with van der Waals surface area (Å²) in [6.45, 7) is 0.725. The van der Waals surface area contributed by atoms with E-state index in [9.17, 15) is 9.59 Å². The van der Waals surface area contributed by atoms with Crippen LogP contribution in [0, 0.1) is 0 Å². The molecule has 116 valence electrons. The molecule has 0 aliphatic carbocycles. The van der Waals surface area contributed by atoms with Gasteiger partial charge in [0.2, 0.25) is 5.91 Å². The Labute approximate surface area is 134 Å². The summed E-state index contributed by atoms with van der Waals surface area (Å²) in [6.07, 6.45) is 2.68. The van der Waals surface area contributed by atoms with Gasteiger partial charge < -0.3 is 4.90 Å². The van der Waals surface area contributed by atoms with E-state index in [-0.39, 0.29) is 17.9 Å². The van der Waals surface area contributed by atoms with Crippen molar-refractivity contribution in [1.82, 2.24) is 9.91 Å². The molecule has 2 aliphatic heterocycles. The van der Waals surface area contributed by atoms with Crippen LogP contribution < -0.4 is 0 Å². The first-order valence-electron chi connectivity index (χ1n) is 7.47. The summed E-state index contributed by atoms with van der Waals surface area (Å²) in [5, 5.41) is 6.10. The van der Waals surface area contributed by atoms with E-state index >= 15 is 0 Å². The van der Waals surface area contributed by atoms with Gasteiger partial charge >= 0.3 is 0 Å². The van der Waals surface area contributed by atoms with Gasteiger partial charge in [0.25, 0.3) is 5.91 Å². The first-order valence-corrected chi connectivity index (χ1v) is 7.84. The molecule has 0 N–H and O–H groups in total. The average molecular weight is 320 g/mol. The molecular weight excluding hydrogens is 302 g/mol. The van der Waals surface area contributed by atoms with Crippen LogP contribution in [-0.4, -0.2) is 41.0 Å². The molecule has 0 saturated carbocycles. The van der Waals surface area contributed by atoms with E-state index in [1.807, 2.05) is 29.2 Å². The maximum absolute atomic E-state index is 12.7. The third kappa shape index (κ3) is 2.86. The van der Waals surface area contributed by atoms with Gasteiger partial charge in [0.1, 0.15) is 5.71 Å². The van der Waals surface area contributed by atoms with E-state index in [0.717, 1.165) is 24.9 Å². The molecule has 2 amide bonds. The highest BCUT2D eigenvalue weighted by molar-refractivity contribution is 6.39. The Bertz CT molecular complexity index is 627. The molecule has 1 aromatic carbocycles. The molecule has 1 unspecified atom stereocenters. The van der Waals surface area contributed by atoms with Gasteiger partial charge in [0.15, 0.2) is 0 Å². The molecule has 0 radical (unpaired) electrons. The van der Waals surface area contributed by atoms with Crippen LogP contribution in [0.5, 0.6) is 0 Å². The van der Waals surface area contributed by atoms with Crippen LogP contribution in [0.2, 0.25) is 5.02 Å². The molecule has 1 atom stereocenters. The lowest BCUT2D eigenvalue weighted by Gasteiger charge is -2.27. The molecule has 0 aromatic heterocycles. The lowest BCUT2D eigenvalue weighted by Crippen LogP contribution is -2.40. The fourth-order valence-corrected chi connectivity index (χ4v) is 3.16. The van der Waals surface area contributed by atoms with Crippen molar-refractivity contribution in [2.24, 2.45) is 5.10 Å². The summed E-state index contributed by atoms with van der Waals surface area (Å²) in [5.74, 6) is -0.107. The van der Waals surface area contributed by atoms with Crippen LogP contribution in [0.3, 0.4) is 0 Å². The number of carbonyl (C=O) groups excluding carboxylic acids is 2. The Morgan fingerprint density at radius 2 is 2.00 bits per heavy atom. The van der Waals surface area contributed by atoms with Crippen molar-refractivity contribution in [1.29, 1.82) is 0 Å². The van der Waals surface area contributed by atoms with E-state index in [0.29, 0.717) is 23.6 Å². The zero-order chi connectivity index (χ0) is 15.7. The fraction of sp³-hybridized carbons (Fsp3) is 0.438. The maximum Gasteiger partial charge on any atom is 0.270 e. The summed E-state index contributed by atoms with van der Waals surface area (Å²) in [7, 11) is 1.59. The minimum Gasteiger partial charge on any atom is -0.331 e. The number of nitrogens with zero attached hydrogens (tertiary/aromatic N) is 3. The second-order valence-corrected chi connectivity index (χ2v) is 6.11. The van der Waals surface area contributed by atoms with Crippen LogP contribution in [-0.2, 0) is 9.59 Å². The summed E-state index contributed by atoms with van der Waals surface area (Å²) in [6, 6.07) is 7.70. The average Bonchev–Trinajstić information content (AvgIpc) is 2.99. The van der Waals surface area contributed by atoms with Crippen molar-refractivity contribution in [3.8, 4) is 0 Å². The van der Waals surface area contributed by atoms with E-state index < -0.39 is 0 Å². The minimum absolute atomic E-state index is 0.0489. The number of rotatable bonds is 2. The molecule has 0 bridgehead atoms. The quantitative estimate of drug-likeness (QED) is 0.841. The number of hydrogen-bond donors (Lipinski definition) is 0. The first-order chi connectivity index (χ1) is 10.6. The summed E-state index contributed by atoms with van der Waals surface area (Å²) >= 11 is 5.93. The van der Waals surface area contributed by atoms with Gasteiger partial charge in [0, 0.05) is 31.5 Å². The summed E-state index contributed by atoms with van der Waals surface area (Å²) in [4.78, 5) is 26.1. The number of hydrogen-bond acceptors (Lipinski definition) is 3. The predicted molar refractivity (Wildman–Crippen MR) is 84.6 cm³/mol. The minimum atomic E-state index is -0.0585. The highest BCUT2D eigenvalue weighted by Gasteiger charge is 2.33. The van der Waals surface area contributed by atoms with Crippen LogP contribution in [0.1, 0.15) is 37.3 Å². The zero-order valence-corrected chi connectivity index (χ0v) is 13.2. The van der Waals surface area contributed by atoms with E-state index in [1.165, 1.54) is 5.01 Å². The molecule has 3 rings (SSSR count). The zero-order valence-electron chi connectivity index (χ0n) is 12.5. The van der Waals surface area contributed by atoms with Gasteiger partial charge in [-0.05, 0) is 30.5 Å². The lowest BCUT2D eigenvalue weighted by molar-refractivity contribution is -0.130. The first kappa shape index (κ1) is 15.0. The van der Waals surface area contributed by atoms with E-state index in [2.05, 4.69) is 5.10 Å². The Morgan fingerprint density at radius 3 is 2.68 bits per heavy atom. The number of benzene rings is 1. The van der Waals surface area contributed by atoms with Crippen molar-refractivity contribution in [2.75, 3.05) is 13.6 Å². The third-order valence-corrected chi connectivity index (χ3v) is 4.47. The second-order valence-electron chi connectivity index (χ2n) is 5.67. The largest absolute Gasteiger partial charge is 0.331 e. The highest BCUT2D eigenvalue weighted by atomic mass is 35.5. The smallest absolute Gasteiger partial charge is 0.270 e. The number of amides is 2. The summed E-state index contributed by atoms with van der Waals surface area (Å²) < 4.78 is 0. The second kappa shape index (κ2) is 6.08. The fourth-order valence-electron chi connectivity index (χ4n) is 3.03. The van der Waals surface area contributed by atoms with Crippen LogP contribution >= 0.6 is 11.6 Å². The molecule has 22 heavy (non-hydrogen) atoms. The molecule has 6 heteroatoms. The maximum atomic E-state index is 12.7. The normalized spacial score (nSPS) is 22.0. The number of carbonyl (C=O) groups is 2. The van der Waals surface area contributed by atoms with E-state index in [1.54, 1.807) is 7.05 Å². The Balaban J connectivity index is 1.81. The molecule has 5 nitrogen and oxygen atoms in total. The number of likely N-dealkylation sites (tertiary alicyclic amines) is 1. The predicted octanol–water partition coefficient (Wildman–Crippen LogP) is 2.61. The summed E-state index contributed by atoms with van der Waals surface area (Å²) in [5.41, 5.74) is 1.57. The van der Waals surface area contributed by atoms with Gasteiger partial charge in [-0.2, -0.15) is 5.10 Å². The van der Waals surface area contributed by atoms with Crippen LogP contribution in [0.4, 0.5) is 0 Å². The van der Waals surface area contributed by atoms with Gasteiger partial charge in [0.05, 0.1) is 6.04 Å². The lowest BCUT2D eigenvalue weighted by atomic mass is 10.0. The highest BCUT2D eigenvalue weighted by Crippen LogP contribution is 2.33. The van der Waals surface area contributed by atoms with Crippen molar-refractivity contribution in [3.05, 3.63) is 34.9 Å². The van der Waals surface area contributed by atoms with Crippen molar-refractivity contribution < 1.29 is 9.59 Å². The molecule has 1 fully saturated rings. The van der Waals surface area contributed by atoms with Crippen LogP contribution in [0.15, 0.2) is 29.4 Å². The number of halogens is 1. The van der Waals surface area contributed by atoms with Crippen molar-refractivity contribution >= 4 is 29.1 Å².